The quantitative estimate of drug-likeness (QED) is 0.695. The largest absolute Gasteiger partial charge is 0.466 e. The first-order valence-electron chi connectivity index (χ1n) is 7.42. The molecular weight excluding hydrogens is 260 g/mol. The SMILES string of the molecule is CC(C)C(C)(C)[Si](C)(C)c1ccc(-c2ccccc2)o1. The fraction of sp³-hybridized carbons (Fsp3) is 0.444. The van der Waals surface area contributed by atoms with E-state index in [9.17, 15) is 0 Å². The molecule has 20 heavy (non-hydrogen) atoms. The summed E-state index contributed by atoms with van der Waals surface area (Å²) in [5.74, 6) is 1.63. The molecule has 2 aromatic rings. The average molecular weight is 286 g/mol. The predicted molar refractivity (Wildman–Crippen MR) is 90.1 cm³/mol. The number of hydrogen-bond acceptors (Lipinski definition) is 1. The number of benzene rings is 1. The Hall–Kier alpha value is -1.28. The molecule has 0 unspecified atom stereocenters. The molecular formula is C18H26OSi. The van der Waals surface area contributed by atoms with Crippen LogP contribution >= 0.6 is 0 Å². The van der Waals surface area contributed by atoms with Crippen LogP contribution in [0.4, 0.5) is 0 Å². The molecule has 0 amide bonds. The summed E-state index contributed by atoms with van der Waals surface area (Å²) in [6.07, 6.45) is 0. The lowest BCUT2D eigenvalue weighted by molar-refractivity contribution is 0.457. The summed E-state index contributed by atoms with van der Waals surface area (Å²) in [6.45, 7) is 14.2. The van der Waals surface area contributed by atoms with Crippen molar-refractivity contribution >= 4 is 13.5 Å². The third-order valence-electron chi connectivity index (χ3n) is 5.33. The lowest BCUT2D eigenvalue weighted by Gasteiger charge is -2.41. The minimum atomic E-state index is -1.65. The fourth-order valence-electron chi connectivity index (χ4n) is 2.47. The Kier molecular flexibility index (Phi) is 3.97. The molecule has 0 aliphatic rings. The molecule has 0 spiro atoms. The van der Waals surface area contributed by atoms with Gasteiger partial charge in [0, 0.05) is 5.56 Å². The molecule has 0 atom stereocenters. The van der Waals surface area contributed by atoms with E-state index in [0.717, 1.165) is 11.3 Å². The van der Waals surface area contributed by atoms with E-state index in [1.54, 1.807) is 0 Å². The Bertz CT molecular complexity index is 564. The van der Waals surface area contributed by atoms with Crippen molar-refractivity contribution in [1.82, 2.24) is 0 Å². The first-order valence-corrected chi connectivity index (χ1v) is 10.4. The number of hydrogen-bond donors (Lipinski definition) is 0. The molecule has 0 saturated carbocycles. The third-order valence-corrected chi connectivity index (χ3v) is 10.6. The molecule has 0 aliphatic carbocycles. The molecule has 1 nitrogen and oxygen atoms in total. The van der Waals surface area contributed by atoms with Crippen LogP contribution in [-0.4, -0.2) is 8.07 Å². The lowest BCUT2D eigenvalue weighted by atomic mass is 9.99. The molecule has 1 heterocycles. The van der Waals surface area contributed by atoms with Crippen LogP contribution in [0.1, 0.15) is 27.7 Å². The third kappa shape index (κ3) is 2.49. The van der Waals surface area contributed by atoms with Gasteiger partial charge >= 0.3 is 0 Å². The molecule has 0 fully saturated rings. The Balaban J connectivity index is 2.38. The van der Waals surface area contributed by atoms with E-state index in [2.05, 4.69) is 77.2 Å². The van der Waals surface area contributed by atoms with Crippen molar-refractivity contribution in [3.63, 3.8) is 0 Å². The van der Waals surface area contributed by atoms with Gasteiger partial charge in [-0.2, -0.15) is 0 Å². The van der Waals surface area contributed by atoms with Crippen LogP contribution in [0.5, 0.6) is 0 Å². The van der Waals surface area contributed by atoms with Crippen molar-refractivity contribution in [3.05, 3.63) is 42.5 Å². The minimum absolute atomic E-state index is 0.304. The van der Waals surface area contributed by atoms with E-state index < -0.39 is 8.07 Å². The Labute approximate surface area is 124 Å². The zero-order valence-electron chi connectivity index (χ0n) is 13.5. The molecule has 0 radical (unpaired) electrons. The van der Waals surface area contributed by atoms with Gasteiger partial charge in [0.1, 0.15) is 13.8 Å². The van der Waals surface area contributed by atoms with Crippen molar-refractivity contribution in [3.8, 4) is 11.3 Å². The van der Waals surface area contributed by atoms with Crippen LogP contribution in [0.15, 0.2) is 46.9 Å². The van der Waals surface area contributed by atoms with Gasteiger partial charge in [-0.15, -0.1) is 0 Å². The summed E-state index contributed by atoms with van der Waals surface area (Å²) in [5.41, 5.74) is 1.16. The van der Waals surface area contributed by atoms with Gasteiger partial charge in [-0.3, -0.25) is 0 Å². The van der Waals surface area contributed by atoms with Gasteiger partial charge in [0.15, 0.2) is 0 Å². The maximum atomic E-state index is 6.23. The highest BCUT2D eigenvalue weighted by atomic mass is 28.3. The van der Waals surface area contributed by atoms with Crippen molar-refractivity contribution in [2.24, 2.45) is 5.92 Å². The molecule has 0 N–H and O–H groups in total. The van der Waals surface area contributed by atoms with E-state index in [-0.39, 0.29) is 0 Å². The molecule has 0 aliphatic heterocycles. The van der Waals surface area contributed by atoms with Crippen LogP contribution in [0, 0.1) is 5.92 Å². The van der Waals surface area contributed by atoms with Crippen LogP contribution in [-0.2, 0) is 0 Å². The van der Waals surface area contributed by atoms with Gasteiger partial charge in [0.25, 0.3) is 0 Å². The van der Waals surface area contributed by atoms with Gasteiger partial charge < -0.3 is 4.42 Å². The highest BCUT2D eigenvalue weighted by molar-refractivity contribution is 6.91. The second-order valence-corrected chi connectivity index (χ2v) is 12.1. The minimum Gasteiger partial charge on any atom is -0.466 e. The Morgan fingerprint density at radius 3 is 2.10 bits per heavy atom. The predicted octanol–water partition coefficient (Wildman–Crippen LogP) is 5.30. The zero-order chi connectivity index (χ0) is 15.0. The van der Waals surface area contributed by atoms with Crippen molar-refractivity contribution in [2.75, 3.05) is 0 Å². The summed E-state index contributed by atoms with van der Waals surface area (Å²) in [7, 11) is -1.65. The van der Waals surface area contributed by atoms with Gasteiger partial charge in [-0.05, 0) is 23.1 Å². The van der Waals surface area contributed by atoms with Crippen LogP contribution in [0.25, 0.3) is 11.3 Å². The summed E-state index contributed by atoms with van der Waals surface area (Å²) in [5, 5.41) is 1.51. The van der Waals surface area contributed by atoms with Crippen molar-refractivity contribution < 1.29 is 4.42 Å². The van der Waals surface area contributed by atoms with Crippen LogP contribution in [0.3, 0.4) is 0 Å². The molecule has 108 valence electrons. The van der Waals surface area contributed by atoms with Crippen LogP contribution < -0.4 is 5.38 Å². The summed E-state index contributed by atoms with van der Waals surface area (Å²) >= 11 is 0. The maximum Gasteiger partial charge on any atom is 0.133 e. The van der Waals surface area contributed by atoms with E-state index in [1.807, 2.05) is 6.07 Å². The van der Waals surface area contributed by atoms with E-state index in [4.69, 9.17) is 4.42 Å². The van der Waals surface area contributed by atoms with Gasteiger partial charge in [-0.1, -0.05) is 71.1 Å². The standard InChI is InChI=1S/C18H26OSi/c1-14(2)18(3,4)20(5,6)17-13-12-16(19-17)15-10-8-7-9-11-15/h7-14H,1-6H3. The van der Waals surface area contributed by atoms with Gasteiger partial charge in [0.2, 0.25) is 0 Å². The number of rotatable bonds is 4. The molecule has 2 heteroatoms. The van der Waals surface area contributed by atoms with Crippen molar-refractivity contribution in [1.29, 1.82) is 0 Å². The smallest absolute Gasteiger partial charge is 0.133 e. The summed E-state index contributed by atoms with van der Waals surface area (Å²) < 4.78 is 6.23. The van der Waals surface area contributed by atoms with Crippen LogP contribution in [0.2, 0.25) is 18.1 Å². The topological polar surface area (TPSA) is 13.1 Å². The highest BCUT2D eigenvalue weighted by Crippen LogP contribution is 2.44. The van der Waals surface area contributed by atoms with E-state index in [0.29, 0.717) is 11.0 Å². The van der Waals surface area contributed by atoms with E-state index in [1.165, 1.54) is 5.38 Å². The number of furan rings is 1. The molecule has 2 rings (SSSR count). The van der Waals surface area contributed by atoms with E-state index >= 15 is 0 Å². The highest BCUT2D eigenvalue weighted by Gasteiger charge is 2.45. The first kappa shape index (κ1) is 15.1. The normalized spacial score (nSPS) is 12.9. The second-order valence-electron chi connectivity index (χ2n) is 7.03. The Morgan fingerprint density at radius 1 is 0.950 bits per heavy atom. The Morgan fingerprint density at radius 2 is 1.55 bits per heavy atom. The average Bonchev–Trinajstić information content (AvgIpc) is 2.89. The lowest BCUT2D eigenvalue weighted by Crippen LogP contribution is -2.52. The molecule has 0 bridgehead atoms. The molecule has 1 aromatic heterocycles. The zero-order valence-corrected chi connectivity index (χ0v) is 14.5. The maximum absolute atomic E-state index is 6.23. The summed E-state index contributed by atoms with van der Waals surface area (Å²) in [4.78, 5) is 0. The molecule has 0 saturated heterocycles. The second kappa shape index (κ2) is 5.25. The summed E-state index contributed by atoms with van der Waals surface area (Å²) in [6, 6.07) is 14.7. The first-order chi connectivity index (χ1) is 9.26. The van der Waals surface area contributed by atoms with Gasteiger partial charge in [0.05, 0.1) is 5.38 Å². The van der Waals surface area contributed by atoms with Gasteiger partial charge in [-0.25, -0.2) is 0 Å². The molecule has 1 aromatic carbocycles. The fourth-order valence-corrected chi connectivity index (χ4v) is 5.41. The monoisotopic (exact) mass is 286 g/mol. The van der Waals surface area contributed by atoms with Crippen molar-refractivity contribution in [2.45, 2.75) is 45.8 Å².